The van der Waals surface area contributed by atoms with E-state index in [0.717, 1.165) is 37.8 Å². The minimum Gasteiger partial charge on any atom is -0.390 e. The molecule has 2 aliphatic rings. The molecule has 3 rings (SSSR count). The molecule has 0 radical (unpaired) electrons. The van der Waals surface area contributed by atoms with Crippen LogP contribution in [-0.4, -0.2) is 44.0 Å². The van der Waals surface area contributed by atoms with Crippen molar-refractivity contribution in [2.45, 2.75) is 82.5 Å². The van der Waals surface area contributed by atoms with Crippen LogP contribution in [0.2, 0.25) is 0 Å². The van der Waals surface area contributed by atoms with Crippen molar-refractivity contribution in [3.8, 4) is 0 Å². The lowest BCUT2D eigenvalue weighted by atomic mass is 9.82. The minimum absolute atomic E-state index is 0.112. The number of nitrogens with two attached hydrogens (primary N) is 1. The average Bonchev–Trinajstić information content (AvgIpc) is 3.41. The summed E-state index contributed by atoms with van der Waals surface area (Å²) in [5, 5.41) is 24.0. The van der Waals surface area contributed by atoms with Gasteiger partial charge in [-0.1, -0.05) is 32.1 Å². The normalized spacial score (nSPS) is 21.9. The molecule has 1 heterocycles. The molecule has 7 heteroatoms. The van der Waals surface area contributed by atoms with Gasteiger partial charge in [-0.25, -0.2) is 4.98 Å². The zero-order valence-corrected chi connectivity index (χ0v) is 15.4. The van der Waals surface area contributed by atoms with Gasteiger partial charge < -0.3 is 21.4 Å². The fraction of sp³-hybridized carbons (Fsp3) is 0.789. The summed E-state index contributed by atoms with van der Waals surface area (Å²) in [6, 6.07) is -0.381. The highest BCUT2D eigenvalue weighted by atomic mass is 16.3. The van der Waals surface area contributed by atoms with Crippen LogP contribution in [0.3, 0.4) is 0 Å². The summed E-state index contributed by atoms with van der Waals surface area (Å²) in [7, 11) is 0. The van der Waals surface area contributed by atoms with E-state index in [-0.39, 0.29) is 17.9 Å². The van der Waals surface area contributed by atoms with Crippen LogP contribution in [0.15, 0.2) is 12.5 Å². The number of aliphatic hydroxyl groups is 2. The van der Waals surface area contributed by atoms with Crippen LogP contribution in [0, 0.1) is 11.8 Å². The standard InChI is InChI=1S/C19H32N4O3/c20-23-11-15(21-12-23)8-9-17(24)22-16(10-13-4-2-1-3-5-13)19(26)18(25)14-6-7-14/h11-14,16,18-19,25-26H,1-10,20H2,(H,22,24)/t16-,18-,19+/m0/s1. The summed E-state index contributed by atoms with van der Waals surface area (Å²) in [5.74, 6) is 6.16. The monoisotopic (exact) mass is 364 g/mol. The molecule has 2 fully saturated rings. The Hall–Kier alpha value is -1.60. The first-order valence-electron chi connectivity index (χ1n) is 9.96. The molecule has 2 saturated carbocycles. The van der Waals surface area contributed by atoms with Gasteiger partial charge in [0.15, 0.2) is 0 Å². The number of aryl methyl sites for hydroxylation is 1. The van der Waals surface area contributed by atoms with E-state index >= 15 is 0 Å². The summed E-state index contributed by atoms with van der Waals surface area (Å²) in [4.78, 5) is 16.5. The zero-order valence-electron chi connectivity index (χ0n) is 15.4. The molecule has 0 aromatic carbocycles. The Kier molecular flexibility index (Phi) is 6.53. The van der Waals surface area contributed by atoms with Crippen molar-refractivity contribution in [3.05, 3.63) is 18.2 Å². The minimum atomic E-state index is -0.892. The molecule has 1 aromatic rings. The summed E-state index contributed by atoms with van der Waals surface area (Å²) in [6.07, 6.45) is 11.0. The number of nitrogens with one attached hydrogen (secondary N) is 1. The van der Waals surface area contributed by atoms with Gasteiger partial charge in [0.2, 0.25) is 5.91 Å². The number of amides is 1. The second-order valence-corrected chi connectivity index (χ2v) is 8.04. The van der Waals surface area contributed by atoms with Crippen molar-refractivity contribution in [2.24, 2.45) is 11.8 Å². The Bertz CT molecular complexity index is 581. The van der Waals surface area contributed by atoms with Crippen LogP contribution < -0.4 is 11.2 Å². The lowest BCUT2D eigenvalue weighted by Crippen LogP contribution is -2.50. The van der Waals surface area contributed by atoms with Gasteiger partial charge in [0.25, 0.3) is 0 Å². The van der Waals surface area contributed by atoms with Crippen LogP contribution in [0.4, 0.5) is 0 Å². The van der Waals surface area contributed by atoms with E-state index in [9.17, 15) is 15.0 Å². The zero-order chi connectivity index (χ0) is 18.5. The Morgan fingerprint density at radius 2 is 2.00 bits per heavy atom. The number of imidazole rings is 1. The highest BCUT2D eigenvalue weighted by molar-refractivity contribution is 5.76. The predicted octanol–water partition coefficient (Wildman–Crippen LogP) is 1.12. The Morgan fingerprint density at radius 1 is 1.27 bits per heavy atom. The molecule has 146 valence electrons. The molecule has 3 atom stereocenters. The van der Waals surface area contributed by atoms with Crippen molar-refractivity contribution in [2.75, 3.05) is 5.84 Å². The van der Waals surface area contributed by atoms with Crippen LogP contribution in [0.5, 0.6) is 0 Å². The van der Waals surface area contributed by atoms with E-state index in [4.69, 9.17) is 5.84 Å². The van der Waals surface area contributed by atoms with Gasteiger partial charge in [-0.15, -0.1) is 0 Å². The second kappa shape index (κ2) is 8.86. The van der Waals surface area contributed by atoms with Crippen molar-refractivity contribution in [1.29, 1.82) is 0 Å². The number of carbonyl (C=O) groups is 1. The molecule has 7 nitrogen and oxygen atoms in total. The van der Waals surface area contributed by atoms with E-state index in [0.29, 0.717) is 18.8 Å². The van der Waals surface area contributed by atoms with Crippen LogP contribution in [0.1, 0.15) is 63.5 Å². The average molecular weight is 364 g/mol. The molecule has 26 heavy (non-hydrogen) atoms. The van der Waals surface area contributed by atoms with Gasteiger partial charge in [-0.3, -0.25) is 9.47 Å². The van der Waals surface area contributed by atoms with Gasteiger partial charge in [0, 0.05) is 19.0 Å². The predicted molar refractivity (Wildman–Crippen MR) is 98.6 cm³/mol. The molecular formula is C19H32N4O3. The number of aromatic nitrogens is 2. The molecule has 1 amide bonds. The van der Waals surface area contributed by atoms with Crippen molar-refractivity contribution in [1.82, 2.24) is 15.0 Å². The van der Waals surface area contributed by atoms with Gasteiger partial charge in [0.1, 0.15) is 12.4 Å². The molecule has 1 aromatic heterocycles. The molecule has 5 N–H and O–H groups in total. The number of aliphatic hydroxyl groups excluding tert-OH is 2. The fourth-order valence-corrected chi connectivity index (χ4v) is 4.05. The van der Waals surface area contributed by atoms with Crippen molar-refractivity contribution in [3.63, 3.8) is 0 Å². The quantitative estimate of drug-likeness (QED) is 0.490. The number of nitrogen functional groups attached to an aromatic ring is 1. The van der Waals surface area contributed by atoms with Crippen molar-refractivity contribution >= 4 is 5.91 Å². The van der Waals surface area contributed by atoms with Crippen molar-refractivity contribution < 1.29 is 15.0 Å². The van der Waals surface area contributed by atoms with Crippen LogP contribution >= 0.6 is 0 Å². The lowest BCUT2D eigenvalue weighted by Gasteiger charge is -2.32. The number of hydrogen-bond donors (Lipinski definition) is 4. The SMILES string of the molecule is Nn1cnc(CCC(=O)N[C@@H](CC2CCCCC2)[C@@H](O)[C@@H](O)C2CC2)c1. The smallest absolute Gasteiger partial charge is 0.220 e. The van der Waals surface area contributed by atoms with Gasteiger partial charge >= 0.3 is 0 Å². The number of rotatable bonds is 9. The Labute approximate surface area is 155 Å². The maximum Gasteiger partial charge on any atom is 0.220 e. The topological polar surface area (TPSA) is 113 Å². The van der Waals surface area contributed by atoms with Crippen LogP contribution in [0.25, 0.3) is 0 Å². The first-order chi connectivity index (χ1) is 12.5. The molecule has 0 bridgehead atoms. The highest BCUT2D eigenvalue weighted by Crippen LogP contribution is 2.36. The van der Waals surface area contributed by atoms with Gasteiger partial charge in [0.05, 0.1) is 17.8 Å². The Morgan fingerprint density at radius 3 is 2.62 bits per heavy atom. The van der Waals surface area contributed by atoms with Gasteiger partial charge in [-0.2, -0.15) is 0 Å². The third-order valence-electron chi connectivity index (χ3n) is 5.79. The summed E-state index contributed by atoms with van der Waals surface area (Å²) in [6.45, 7) is 0. The molecule has 0 saturated heterocycles. The first-order valence-corrected chi connectivity index (χ1v) is 9.96. The number of hydrogen-bond acceptors (Lipinski definition) is 5. The maximum atomic E-state index is 12.4. The number of carbonyl (C=O) groups excluding carboxylic acids is 1. The number of nitrogens with zero attached hydrogens (tertiary/aromatic N) is 2. The first kappa shape index (κ1) is 19.2. The lowest BCUT2D eigenvalue weighted by molar-refractivity contribution is -0.123. The molecule has 0 aliphatic heterocycles. The third-order valence-corrected chi connectivity index (χ3v) is 5.79. The molecule has 0 spiro atoms. The second-order valence-electron chi connectivity index (χ2n) is 8.04. The Balaban J connectivity index is 1.54. The third kappa shape index (κ3) is 5.45. The molecular weight excluding hydrogens is 332 g/mol. The van der Waals surface area contributed by atoms with E-state index in [2.05, 4.69) is 10.3 Å². The maximum absolute atomic E-state index is 12.4. The largest absolute Gasteiger partial charge is 0.390 e. The summed E-state index contributed by atoms with van der Waals surface area (Å²) in [5.41, 5.74) is 0.769. The van der Waals surface area contributed by atoms with E-state index in [1.54, 1.807) is 6.20 Å². The molecule has 2 aliphatic carbocycles. The van der Waals surface area contributed by atoms with E-state index in [1.165, 1.54) is 30.3 Å². The van der Waals surface area contributed by atoms with Crippen LogP contribution in [-0.2, 0) is 11.2 Å². The van der Waals surface area contributed by atoms with E-state index < -0.39 is 12.2 Å². The highest BCUT2D eigenvalue weighted by Gasteiger charge is 2.39. The summed E-state index contributed by atoms with van der Waals surface area (Å²) < 4.78 is 1.37. The summed E-state index contributed by atoms with van der Waals surface area (Å²) >= 11 is 0. The molecule has 0 unspecified atom stereocenters. The fourth-order valence-electron chi connectivity index (χ4n) is 4.05. The van der Waals surface area contributed by atoms with E-state index in [1.807, 2.05) is 0 Å². The van der Waals surface area contributed by atoms with Gasteiger partial charge in [-0.05, 0) is 31.1 Å².